The Morgan fingerprint density at radius 2 is 1.79 bits per heavy atom. The molecule has 0 aliphatic rings. The number of methoxy groups -OCH3 is 1. The molecular weight excluding hydrogens is 480 g/mol. The lowest BCUT2D eigenvalue weighted by Crippen LogP contribution is -2.49. The zero-order valence-electron chi connectivity index (χ0n) is 22.8. The van der Waals surface area contributed by atoms with Crippen LogP contribution in [0, 0.1) is 0 Å². The van der Waals surface area contributed by atoms with Gasteiger partial charge in [0, 0.05) is 31.7 Å². The lowest BCUT2D eigenvalue weighted by atomic mass is 10.1. The van der Waals surface area contributed by atoms with Gasteiger partial charge in [-0.2, -0.15) is 0 Å². The number of hydrogen-bond donors (Lipinski definition) is 3. The number of fused-ring (bicyclic) bond motifs is 3. The van der Waals surface area contributed by atoms with Gasteiger partial charge in [-0.1, -0.05) is 48.5 Å². The first-order chi connectivity index (χ1) is 18.3. The molecule has 0 spiro atoms. The molecule has 9 heteroatoms. The van der Waals surface area contributed by atoms with Crippen molar-refractivity contribution in [3.8, 4) is 0 Å². The summed E-state index contributed by atoms with van der Waals surface area (Å²) >= 11 is 0. The predicted molar refractivity (Wildman–Crippen MR) is 152 cm³/mol. The van der Waals surface area contributed by atoms with Crippen molar-refractivity contribution in [2.45, 2.75) is 58.2 Å². The molecule has 0 saturated heterocycles. The first-order valence-corrected chi connectivity index (χ1v) is 13.1. The van der Waals surface area contributed by atoms with Gasteiger partial charge in [-0.05, 0) is 38.8 Å². The Balaban J connectivity index is 1.45. The van der Waals surface area contributed by atoms with Gasteiger partial charge in [0.2, 0.25) is 0 Å². The predicted octanol–water partition coefficient (Wildman–Crippen LogP) is 3.63. The number of nitrogens with zero attached hydrogens (tertiary/aromatic N) is 3. The summed E-state index contributed by atoms with van der Waals surface area (Å²) in [6.45, 7) is 8.75. The van der Waals surface area contributed by atoms with Crippen LogP contribution in [0.15, 0.2) is 54.6 Å². The number of hydrogen-bond acceptors (Lipinski definition) is 8. The monoisotopic (exact) mass is 520 g/mol. The van der Waals surface area contributed by atoms with E-state index in [1.165, 1.54) is 5.56 Å². The van der Waals surface area contributed by atoms with Gasteiger partial charge in [-0.3, -0.25) is 5.32 Å². The van der Waals surface area contributed by atoms with Crippen LogP contribution in [0.2, 0.25) is 0 Å². The average Bonchev–Trinajstić information content (AvgIpc) is 3.26. The van der Waals surface area contributed by atoms with E-state index in [2.05, 4.69) is 40.8 Å². The molecule has 0 aliphatic heterocycles. The highest BCUT2D eigenvalue weighted by atomic mass is 16.5. The standard InChI is InChI=1S/C29H40N6O3/c1-5-37-18-24-34-25-26(21-13-9-10-14-23(21)33-27(25)31)35(24)19-29(2,3)38-16-15-32-28(36-4)22(30)17-20-11-7-6-8-12-20/h6-14,22,28,32H,5,15-19,30H2,1-4H3,(H2,31,33). The number of para-hydroxylation sites is 1. The Morgan fingerprint density at radius 1 is 1.05 bits per heavy atom. The SMILES string of the molecule is CCOCc1nc2c(N)nc3ccccc3c2n1CC(C)(C)OCCNC(OC)C(N)Cc1ccccc1. The van der Waals surface area contributed by atoms with Crippen LogP contribution in [0.3, 0.4) is 0 Å². The molecule has 2 heterocycles. The summed E-state index contributed by atoms with van der Waals surface area (Å²) in [5, 5.41) is 4.39. The van der Waals surface area contributed by atoms with E-state index in [4.69, 9.17) is 30.7 Å². The number of benzene rings is 2. The van der Waals surface area contributed by atoms with Crippen LogP contribution in [-0.4, -0.2) is 59.3 Å². The molecule has 0 radical (unpaired) electrons. The quantitative estimate of drug-likeness (QED) is 0.170. The molecule has 0 saturated carbocycles. The molecule has 2 aromatic carbocycles. The van der Waals surface area contributed by atoms with E-state index < -0.39 is 5.60 Å². The Morgan fingerprint density at radius 3 is 2.53 bits per heavy atom. The number of imidazole rings is 1. The van der Waals surface area contributed by atoms with E-state index in [1.54, 1.807) is 7.11 Å². The van der Waals surface area contributed by atoms with Crippen LogP contribution in [0.5, 0.6) is 0 Å². The smallest absolute Gasteiger partial charge is 0.152 e. The van der Waals surface area contributed by atoms with Crippen molar-refractivity contribution < 1.29 is 14.2 Å². The molecule has 5 N–H and O–H groups in total. The summed E-state index contributed by atoms with van der Waals surface area (Å²) in [5.74, 6) is 1.21. The van der Waals surface area contributed by atoms with E-state index in [0.717, 1.165) is 28.7 Å². The van der Waals surface area contributed by atoms with Crippen molar-refractivity contribution in [3.05, 3.63) is 66.0 Å². The van der Waals surface area contributed by atoms with Crippen LogP contribution in [0.1, 0.15) is 32.2 Å². The molecule has 0 fully saturated rings. The minimum Gasteiger partial charge on any atom is -0.382 e. The van der Waals surface area contributed by atoms with Crippen molar-refractivity contribution in [2.24, 2.45) is 5.73 Å². The number of rotatable bonds is 14. The second-order valence-corrected chi connectivity index (χ2v) is 10.0. The van der Waals surface area contributed by atoms with Gasteiger partial charge in [0.15, 0.2) is 5.82 Å². The average molecular weight is 521 g/mol. The minimum atomic E-state index is -0.496. The molecule has 2 aromatic heterocycles. The summed E-state index contributed by atoms with van der Waals surface area (Å²) in [6.07, 6.45) is 0.445. The molecule has 0 amide bonds. The zero-order chi connectivity index (χ0) is 27.1. The molecule has 9 nitrogen and oxygen atoms in total. The molecule has 38 heavy (non-hydrogen) atoms. The second-order valence-electron chi connectivity index (χ2n) is 10.0. The number of pyridine rings is 1. The summed E-state index contributed by atoms with van der Waals surface area (Å²) in [6, 6.07) is 18.0. The summed E-state index contributed by atoms with van der Waals surface area (Å²) in [7, 11) is 1.67. The van der Waals surface area contributed by atoms with Crippen LogP contribution in [0.25, 0.3) is 21.9 Å². The van der Waals surface area contributed by atoms with Gasteiger partial charge in [0.25, 0.3) is 0 Å². The van der Waals surface area contributed by atoms with E-state index in [0.29, 0.717) is 44.2 Å². The number of anilines is 1. The van der Waals surface area contributed by atoms with Gasteiger partial charge < -0.3 is 30.2 Å². The van der Waals surface area contributed by atoms with Crippen LogP contribution >= 0.6 is 0 Å². The molecule has 0 aliphatic carbocycles. The Bertz CT molecular complexity index is 1320. The fourth-order valence-electron chi connectivity index (χ4n) is 4.74. The number of ether oxygens (including phenoxy) is 3. The molecule has 0 bridgehead atoms. The lowest BCUT2D eigenvalue weighted by molar-refractivity contribution is -0.0352. The Hall–Kier alpha value is -3.08. The first-order valence-electron chi connectivity index (χ1n) is 13.1. The highest BCUT2D eigenvalue weighted by Gasteiger charge is 2.25. The van der Waals surface area contributed by atoms with Crippen LogP contribution < -0.4 is 16.8 Å². The summed E-state index contributed by atoms with van der Waals surface area (Å²) in [4.78, 5) is 9.38. The Labute approximate surface area is 224 Å². The maximum absolute atomic E-state index is 6.42. The molecule has 4 aromatic rings. The highest BCUT2D eigenvalue weighted by molar-refractivity contribution is 6.06. The van der Waals surface area contributed by atoms with Crippen LogP contribution in [-0.2, 0) is 33.8 Å². The van der Waals surface area contributed by atoms with Gasteiger partial charge in [-0.25, -0.2) is 9.97 Å². The number of nitrogens with one attached hydrogen (secondary N) is 1. The minimum absolute atomic E-state index is 0.179. The number of aromatic nitrogens is 3. The largest absolute Gasteiger partial charge is 0.382 e. The highest BCUT2D eigenvalue weighted by Crippen LogP contribution is 2.30. The van der Waals surface area contributed by atoms with Crippen molar-refractivity contribution in [3.63, 3.8) is 0 Å². The van der Waals surface area contributed by atoms with E-state index in [-0.39, 0.29) is 12.3 Å². The van der Waals surface area contributed by atoms with Crippen LogP contribution in [0.4, 0.5) is 5.82 Å². The van der Waals surface area contributed by atoms with Gasteiger partial charge in [0.05, 0.1) is 29.8 Å². The molecule has 204 valence electrons. The fraction of sp³-hybridized carbons (Fsp3) is 0.448. The van der Waals surface area contributed by atoms with Gasteiger partial charge >= 0.3 is 0 Å². The third kappa shape index (κ3) is 6.67. The van der Waals surface area contributed by atoms with Gasteiger partial charge in [0.1, 0.15) is 24.2 Å². The topological polar surface area (TPSA) is 122 Å². The normalized spacial score (nSPS) is 13.8. The van der Waals surface area contributed by atoms with Crippen molar-refractivity contribution in [1.82, 2.24) is 19.9 Å². The molecular formula is C29H40N6O3. The number of nitrogens with two attached hydrogens (primary N) is 2. The first kappa shape index (κ1) is 27.9. The summed E-state index contributed by atoms with van der Waals surface area (Å²) < 4.78 is 19.9. The molecule has 2 unspecified atom stereocenters. The van der Waals surface area contributed by atoms with Gasteiger partial charge in [-0.15, -0.1) is 0 Å². The lowest BCUT2D eigenvalue weighted by Gasteiger charge is -2.29. The van der Waals surface area contributed by atoms with E-state index in [1.807, 2.05) is 49.4 Å². The molecule has 2 atom stereocenters. The third-order valence-corrected chi connectivity index (χ3v) is 6.56. The fourth-order valence-corrected chi connectivity index (χ4v) is 4.74. The molecule has 4 rings (SSSR count). The second kappa shape index (κ2) is 12.6. The van der Waals surface area contributed by atoms with Crippen molar-refractivity contribution >= 4 is 27.8 Å². The summed E-state index contributed by atoms with van der Waals surface area (Å²) in [5.41, 5.74) is 15.9. The number of nitrogen functional groups attached to an aromatic ring is 1. The third-order valence-electron chi connectivity index (χ3n) is 6.56. The van der Waals surface area contributed by atoms with E-state index in [9.17, 15) is 0 Å². The zero-order valence-corrected chi connectivity index (χ0v) is 22.8. The van der Waals surface area contributed by atoms with E-state index >= 15 is 0 Å². The maximum atomic E-state index is 6.42. The van der Waals surface area contributed by atoms with Crippen molar-refractivity contribution in [2.75, 3.05) is 32.6 Å². The maximum Gasteiger partial charge on any atom is 0.152 e. The van der Waals surface area contributed by atoms with Crippen molar-refractivity contribution in [1.29, 1.82) is 0 Å². The Kier molecular flexibility index (Phi) is 9.30.